The van der Waals surface area contributed by atoms with Crippen LogP contribution in [0.3, 0.4) is 0 Å². The number of nitrogens with two attached hydrogens (primary N) is 1. The summed E-state index contributed by atoms with van der Waals surface area (Å²) in [5, 5.41) is 3.87. The van der Waals surface area contributed by atoms with Gasteiger partial charge in [0, 0.05) is 37.2 Å². The molecule has 3 N–H and O–H groups in total. The molecule has 5 aliphatic heterocycles. The van der Waals surface area contributed by atoms with Crippen molar-refractivity contribution < 1.29 is 31.4 Å². The molecular formula is C30H32F5N7O2. The Morgan fingerprint density at radius 2 is 2.02 bits per heavy atom. The molecule has 0 aliphatic carbocycles. The van der Waals surface area contributed by atoms with E-state index in [0.717, 1.165) is 38.3 Å². The Balaban J connectivity index is 1.31. The summed E-state index contributed by atoms with van der Waals surface area (Å²) in [6.07, 6.45) is -1.89. The number of benzene rings is 1. The van der Waals surface area contributed by atoms with Crippen molar-refractivity contribution in [3.8, 4) is 23.0 Å². The summed E-state index contributed by atoms with van der Waals surface area (Å²) in [7, 11) is 0. The number of halogens is 5. The molecule has 4 fully saturated rings. The van der Waals surface area contributed by atoms with Crippen LogP contribution >= 0.6 is 0 Å². The van der Waals surface area contributed by atoms with E-state index in [0.29, 0.717) is 25.3 Å². The maximum atomic E-state index is 16.7. The molecule has 7 heterocycles. The number of ether oxygens (including phenoxy) is 2. The van der Waals surface area contributed by atoms with Gasteiger partial charge in [-0.3, -0.25) is 4.90 Å². The first-order chi connectivity index (χ1) is 21.0. The highest BCUT2D eigenvalue weighted by atomic mass is 19.4. The van der Waals surface area contributed by atoms with Crippen LogP contribution in [0.4, 0.5) is 33.6 Å². The number of rotatable bonds is 4. The van der Waals surface area contributed by atoms with Crippen molar-refractivity contribution >= 4 is 22.5 Å². The molecule has 0 saturated carbocycles. The molecule has 4 saturated heterocycles. The average Bonchev–Trinajstić information content (AvgIpc) is 3.59. The highest BCUT2D eigenvalue weighted by Crippen LogP contribution is 2.47. The molecule has 9 nitrogen and oxygen atoms in total. The van der Waals surface area contributed by atoms with E-state index >= 15 is 4.39 Å². The number of anilines is 2. The van der Waals surface area contributed by atoms with Crippen LogP contribution in [0.15, 0.2) is 12.1 Å². The van der Waals surface area contributed by atoms with Gasteiger partial charge in [0.15, 0.2) is 5.82 Å². The van der Waals surface area contributed by atoms with Crippen molar-refractivity contribution in [1.82, 2.24) is 25.2 Å². The molecule has 3 aromatic rings. The molecule has 5 aliphatic rings. The third-order valence-electron chi connectivity index (χ3n) is 10.1. The molecule has 234 valence electrons. The van der Waals surface area contributed by atoms with Crippen molar-refractivity contribution in [1.29, 1.82) is 0 Å². The minimum atomic E-state index is -4.82. The second kappa shape index (κ2) is 9.74. The number of fused-ring (bicyclic) bond motifs is 6. The van der Waals surface area contributed by atoms with Gasteiger partial charge in [-0.05, 0) is 56.8 Å². The van der Waals surface area contributed by atoms with Gasteiger partial charge < -0.3 is 25.4 Å². The normalized spacial score (nSPS) is 29.5. The van der Waals surface area contributed by atoms with E-state index < -0.39 is 40.5 Å². The van der Waals surface area contributed by atoms with E-state index in [-0.39, 0.29) is 65.4 Å². The molecule has 1 aromatic carbocycles. The van der Waals surface area contributed by atoms with Gasteiger partial charge in [0.1, 0.15) is 42.3 Å². The largest absolute Gasteiger partial charge is 0.490 e. The van der Waals surface area contributed by atoms with Crippen molar-refractivity contribution in [2.75, 3.05) is 43.5 Å². The number of nitrogen functional groups attached to an aromatic ring is 1. The molecule has 0 radical (unpaired) electrons. The highest BCUT2D eigenvalue weighted by molar-refractivity contribution is 5.99. The summed E-state index contributed by atoms with van der Waals surface area (Å²) in [5.74, 6) is -0.609. The van der Waals surface area contributed by atoms with Gasteiger partial charge in [-0.15, -0.1) is 0 Å². The maximum absolute atomic E-state index is 16.7. The molecule has 14 heteroatoms. The summed E-state index contributed by atoms with van der Waals surface area (Å²) in [5.41, 5.74) is 2.81. The van der Waals surface area contributed by atoms with Crippen LogP contribution < -0.4 is 25.4 Å². The lowest BCUT2D eigenvalue weighted by atomic mass is 9.95. The predicted molar refractivity (Wildman–Crippen MR) is 152 cm³/mol. The molecule has 5 atom stereocenters. The topological polar surface area (TPSA) is 102 Å². The van der Waals surface area contributed by atoms with Gasteiger partial charge in [-0.25, -0.2) is 13.8 Å². The molecule has 2 bridgehead atoms. The van der Waals surface area contributed by atoms with Crippen LogP contribution in [0.25, 0.3) is 22.2 Å². The Labute approximate surface area is 249 Å². The summed E-state index contributed by atoms with van der Waals surface area (Å²) < 4.78 is 86.4. The van der Waals surface area contributed by atoms with Crippen LogP contribution in [-0.4, -0.2) is 82.5 Å². The lowest BCUT2D eigenvalue weighted by Crippen LogP contribution is -2.60. The highest BCUT2D eigenvalue weighted by Gasteiger charge is 2.50. The van der Waals surface area contributed by atoms with Crippen LogP contribution in [0, 0.1) is 12.7 Å². The molecule has 0 amide bonds. The first kappa shape index (κ1) is 28.0. The second-order valence-electron chi connectivity index (χ2n) is 12.8. The van der Waals surface area contributed by atoms with Gasteiger partial charge in [-0.1, -0.05) is 0 Å². The fraction of sp³-hybridized carbons (Fsp3) is 0.567. The number of alkyl halides is 4. The first-order valence-corrected chi connectivity index (χ1v) is 15.1. The van der Waals surface area contributed by atoms with Gasteiger partial charge >= 0.3 is 12.2 Å². The Hall–Kier alpha value is -3.52. The Morgan fingerprint density at radius 1 is 1.18 bits per heavy atom. The van der Waals surface area contributed by atoms with Crippen LogP contribution in [0.1, 0.15) is 43.2 Å². The lowest BCUT2D eigenvalue weighted by molar-refractivity contribution is -0.137. The second-order valence-corrected chi connectivity index (χ2v) is 12.8. The molecule has 2 aromatic heterocycles. The number of aryl methyl sites for hydroxylation is 1. The van der Waals surface area contributed by atoms with Gasteiger partial charge in [0.05, 0.1) is 28.2 Å². The van der Waals surface area contributed by atoms with Crippen LogP contribution in [0.2, 0.25) is 0 Å². The maximum Gasteiger partial charge on any atom is 0.418 e. The Morgan fingerprint density at radius 3 is 2.84 bits per heavy atom. The van der Waals surface area contributed by atoms with Crippen molar-refractivity contribution in [2.24, 2.45) is 0 Å². The Kier molecular flexibility index (Phi) is 6.19. The monoisotopic (exact) mass is 617 g/mol. The quantitative estimate of drug-likeness (QED) is 0.413. The number of hydrogen-bond acceptors (Lipinski definition) is 9. The zero-order chi connectivity index (χ0) is 30.5. The van der Waals surface area contributed by atoms with Gasteiger partial charge in [0.25, 0.3) is 0 Å². The minimum absolute atomic E-state index is 0.0998. The van der Waals surface area contributed by atoms with E-state index in [2.05, 4.69) is 25.1 Å². The van der Waals surface area contributed by atoms with Crippen LogP contribution in [-0.2, 0) is 6.18 Å². The van der Waals surface area contributed by atoms with E-state index in [1.807, 2.05) is 0 Å². The number of nitrogens with zero attached hydrogens (tertiary/aromatic N) is 5. The third-order valence-corrected chi connectivity index (χ3v) is 10.1. The average molecular weight is 618 g/mol. The lowest BCUT2D eigenvalue weighted by Gasteiger charge is -2.40. The van der Waals surface area contributed by atoms with Crippen molar-refractivity contribution in [2.45, 2.75) is 75.0 Å². The molecular weight excluding hydrogens is 585 g/mol. The fourth-order valence-corrected chi connectivity index (χ4v) is 8.18. The summed E-state index contributed by atoms with van der Waals surface area (Å²) >= 11 is 0. The smallest absolute Gasteiger partial charge is 0.418 e. The first-order valence-electron chi connectivity index (χ1n) is 15.1. The van der Waals surface area contributed by atoms with E-state index in [9.17, 15) is 17.6 Å². The summed E-state index contributed by atoms with van der Waals surface area (Å²) in [6, 6.07) is 2.40. The van der Waals surface area contributed by atoms with Crippen molar-refractivity contribution in [3.05, 3.63) is 29.1 Å². The van der Waals surface area contributed by atoms with E-state index in [4.69, 9.17) is 20.2 Å². The van der Waals surface area contributed by atoms with Gasteiger partial charge in [-0.2, -0.15) is 23.1 Å². The number of hydrogen-bond donors (Lipinski definition) is 2. The number of nitrogens with one attached hydrogen (secondary N) is 1. The predicted octanol–water partition coefficient (Wildman–Crippen LogP) is 4.40. The molecule has 44 heavy (non-hydrogen) atoms. The molecule has 3 unspecified atom stereocenters. The summed E-state index contributed by atoms with van der Waals surface area (Å²) in [6.45, 7) is 3.29. The Bertz CT molecular complexity index is 1670. The van der Waals surface area contributed by atoms with E-state index in [1.54, 1.807) is 0 Å². The minimum Gasteiger partial charge on any atom is -0.490 e. The zero-order valence-electron chi connectivity index (χ0n) is 24.1. The van der Waals surface area contributed by atoms with Gasteiger partial charge in [0.2, 0.25) is 0 Å². The van der Waals surface area contributed by atoms with Crippen molar-refractivity contribution in [3.63, 3.8) is 0 Å². The van der Waals surface area contributed by atoms with Crippen LogP contribution in [0.5, 0.6) is 11.8 Å². The number of aromatic nitrogens is 3. The molecule has 0 spiro atoms. The SMILES string of the molecule is Cc1cc(N)nc(-c2cc3c4c(nc(OC[C@@]56CCCN5C[C@H](F)C6)nc4c2F)N2CC4CCC(N4)C2CO3)c1C(F)(F)F. The zero-order valence-corrected chi connectivity index (χ0v) is 24.1. The molecule has 8 rings (SSSR count). The standard InChI is InChI=1S/C30H32F5N7O2/c1-14-7-21(36)38-25(23(14)30(33,34)35)17-8-20-22-26(24(17)32)39-28(44-13-29-5-2-6-41(29)10-15(31)9-29)40-27(22)42-11-16-3-4-18(37-16)19(42)12-43-20/h7-8,15-16,18-19,37H,2-6,9-13H2,1H3,(H2,36,38)/t15-,16?,18?,19?,29+/m1/s1. The number of pyridine rings is 1. The van der Waals surface area contributed by atoms with E-state index in [1.165, 1.54) is 13.0 Å². The number of piperazine rings is 1. The summed E-state index contributed by atoms with van der Waals surface area (Å²) in [4.78, 5) is 17.4. The fourth-order valence-electron chi connectivity index (χ4n) is 8.18. The third kappa shape index (κ3) is 4.27.